The third-order valence-electron chi connectivity index (χ3n) is 1.69. The molecule has 0 unspecified atom stereocenters. The molecule has 60 valence electrons. The first kappa shape index (κ1) is 9.43. The molecule has 0 rings (SSSR count). The fraction of sp³-hybridized carbons (Fsp3) is 0.857. The molecule has 0 radical (unpaired) electrons. The summed E-state index contributed by atoms with van der Waals surface area (Å²) in [6.07, 6.45) is 0.808. The number of amides is 1. The standard InChI is InChI=1S/C7H15NO2/c1-5-7(2,3)6(9)8-10-4/h5H2,1-4H3,(H,8,9). The van der Waals surface area contributed by atoms with E-state index in [0.717, 1.165) is 6.42 Å². The predicted octanol–water partition coefficient (Wildman–Crippen LogP) is 1.10. The average Bonchev–Trinajstić information content (AvgIpc) is 1.89. The molecule has 0 heterocycles. The van der Waals surface area contributed by atoms with Crippen molar-refractivity contribution in [3.8, 4) is 0 Å². The van der Waals surface area contributed by atoms with Gasteiger partial charge in [0.1, 0.15) is 0 Å². The molecule has 3 nitrogen and oxygen atoms in total. The molecule has 0 saturated heterocycles. The van der Waals surface area contributed by atoms with Crippen LogP contribution in [-0.4, -0.2) is 13.0 Å². The number of hydrogen-bond acceptors (Lipinski definition) is 2. The van der Waals surface area contributed by atoms with Crippen molar-refractivity contribution in [2.45, 2.75) is 27.2 Å². The van der Waals surface area contributed by atoms with Gasteiger partial charge in [-0.05, 0) is 6.42 Å². The first-order valence-corrected chi connectivity index (χ1v) is 3.38. The van der Waals surface area contributed by atoms with E-state index in [1.165, 1.54) is 7.11 Å². The largest absolute Gasteiger partial charge is 0.277 e. The Balaban J connectivity index is 3.91. The van der Waals surface area contributed by atoms with Gasteiger partial charge in [-0.3, -0.25) is 9.63 Å². The lowest BCUT2D eigenvalue weighted by molar-refractivity contribution is -0.140. The van der Waals surface area contributed by atoms with E-state index in [2.05, 4.69) is 10.3 Å². The highest BCUT2D eigenvalue weighted by Crippen LogP contribution is 2.18. The highest BCUT2D eigenvalue weighted by molar-refractivity contribution is 5.80. The summed E-state index contributed by atoms with van der Waals surface area (Å²) < 4.78 is 0. The molecule has 0 bridgehead atoms. The maximum absolute atomic E-state index is 11.1. The van der Waals surface area contributed by atoms with Gasteiger partial charge in [-0.25, -0.2) is 5.48 Å². The van der Waals surface area contributed by atoms with Gasteiger partial charge in [-0.1, -0.05) is 20.8 Å². The lowest BCUT2D eigenvalue weighted by Gasteiger charge is -2.19. The summed E-state index contributed by atoms with van der Waals surface area (Å²) in [6.45, 7) is 5.72. The molecule has 0 aromatic heterocycles. The highest BCUT2D eigenvalue weighted by atomic mass is 16.6. The summed E-state index contributed by atoms with van der Waals surface area (Å²) in [6, 6.07) is 0. The van der Waals surface area contributed by atoms with Crippen LogP contribution in [0.5, 0.6) is 0 Å². The van der Waals surface area contributed by atoms with Crippen LogP contribution in [0.25, 0.3) is 0 Å². The van der Waals surface area contributed by atoms with Crippen molar-refractivity contribution in [2.75, 3.05) is 7.11 Å². The van der Waals surface area contributed by atoms with Crippen LogP contribution >= 0.6 is 0 Å². The van der Waals surface area contributed by atoms with Crippen LogP contribution in [0.2, 0.25) is 0 Å². The predicted molar refractivity (Wildman–Crippen MR) is 39.2 cm³/mol. The van der Waals surface area contributed by atoms with Gasteiger partial charge in [-0.15, -0.1) is 0 Å². The molecule has 0 aliphatic heterocycles. The van der Waals surface area contributed by atoms with Crippen LogP contribution in [-0.2, 0) is 9.63 Å². The van der Waals surface area contributed by atoms with Crippen LogP contribution in [0.15, 0.2) is 0 Å². The Labute approximate surface area is 61.7 Å². The molecule has 0 atom stereocenters. The molecule has 0 aliphatic rings. The zero-order valence-corrected chi connectivity index (χ0v) is 7.02. The second kappa shape index (κ2) is 3.56. The Morgan fingerprint density at radius 2 is 2.10 bits per heavy atom. The number of carbonyl (C=O) groups is 1. The zero-order valence-electron chi connectivity index (χ0n) is 7.02. The van der Waals surface area contributed by atoms with E-state index in [1.54, 1.807) is 0 Å². The molecule has 0 fully saturated rings. The maximum Gasteiger partial charge on any atom is 0.249 e. The van der Waals surface area contributed by atoms with Crippen molar-refractivity contribution in [1.29, 1.82) is 0 Å². The third kappa shape index (κ3) is 2.35. The average molecular weight is 145 g/mol. The Morgan fingerprint density at radius 3 is 2.40 bits per heavy atom. The van der Waals surface area contributed by atoms with Gasteiger partial charge in [-0.2, -0.15) is 0 Å². The second-order valence-corrected chi connectivity index (χ2v) is 2.87. The van der Waals surface area contributed by atoms with Crippen LogP contribution in [0, 0.1) is 5.41 Å². The summed E-state index contributed by atoms with van der Waals surface area (Å²) in [5, 5.41) is 0. The quantitative estimate of drug-likeness (QED) is 0.604. The summed E-state index contributed by atoms with van der Waals surface area (Å²) >= 11 is 0. The van der Waals surface area contributed by atoms with Gasteiger partial charge in [0.2, 0.25) is 5.91 Å². The Kier molecular flexibility index (Phi) is 3.36. The maximum atomic E-state index is 11.1. The molecule has 10 heavy (non-hydrogen) atoms. The molecule has 0 aromatic rings. The van der Waals surface area contributed by atoms with E-state index in [0.29, 0.717) is 0 Å². The monoisotopic (exact) mass is 145 g/mol. The summed E-state index contributed by atoms with van der Waals surface area (Å²) in [4.78, 5) is 15.6. The smallest absolute Gasteiger partial charge is 0.249 e. The number of rotatable bonds is 3. The summed E-state index contributed by atoms with van der Waals surface area (Å²) in [7, 11) is 1.43. The van der Waals surface area contributed by atoms with Crippen LogP contribution < -0.4 is 5.48 Å². The molecule has 1 N–H and O–H groups in total. The van der Waals surface area contributed by atoms with Crippen molar-refractivity contribution in [2.24, 2.45) is 5.41 Å². The lowest BCUT2D eigenvalue weighted by atomic mass is 9.90. The van der Waals surface area contributed by atoms with E-state index >= 15 is 0 Å². The van der Waals surface area contributed by atoms with Crippen molar-refractivity contribution in [3.63, 3.8) is 0 Å². The van der Waals surface area contributed by atoms with Crippen molar-refractivity contribution in [3.05, 3.63) is 0 Å². The topological polar surface area (TPSA) is 38.3 Å². The van der Waals surface area contributed by atoms with Gasteiger partial charge in [0.05, 0.1) is 7.11 Å². The van der Waals surface area contributed by atoms with Gasteiger partial charge in [0.15, 0.2) is 0 Å². The third-order valence-corrected chi connectivity index (χ3v) is 1.69. The van der Waals surface area contributed by atoms with Crippen molar-refractivity contribution >= 4 is 5.91 Å². The first-order chi connectivity index (χ1) is 4.54. The zero-order chi connectivity index (χ0) is 8.20. The fourth-order valence-electron chi connectivity index (χ4n) is 0.391. The van der Waals surface area contributed by atoms with E-state index in [9.17, 15) is 4.79 Å². The van der Waals surface area contributed by atoms with E-state index in [1.807, 2.05) is 20.8 Å². The number of nitrogens with one attached hydrogen (secondary N) is 1. The summed E-state index contributed by atoms with van der Waals surface area (Å²) in [5.41, 5.74) is 1.97. The lowest BCUT2D eigenvalue weighted by Crippen LogP contribution is -2.35. The van der Waals surface area contributed by atoms with Crippen LogP contribution in [0.1, 0.15) is 27.2 Å². The number of hydrogen-bond donors (Lipinski definition) is 1. The van der Waals surface area contributed by atoms with E-state index < -0.39 is 0 Å². The molecule has 0 saturated carbocycles. The molecule has 1 amide bonds. The van der Waals surface area contributed by atoms with E-state index in [4.69, 9.17) is 0 Å². The molecule has 3 heteroatoms. The SMILES string of the molecule is CCC(C)(C)C(=O)NOC. The Bertz CT molecular complexity index is 121. The van der Waals surface area contributed by atoms with Crippen molar-refractivity contribution < 1.29 is 9.63 Å². The summed E-state index contributed by atoms with van der Waals surface area (Å²) in [5.74, 6) is -0.0718. The second-order valence-electron chi connectivity index (χ2n) is 2.87. The van der Waals surface area contributed by atoms with E-state index in [-0.39, 0.29) is 11.3 Å². The normalized spacial score (nSPS) is 11.2. The molecule has 0 aromatic carbocycles. The van der Waals surface area contributed by atoms with Gasteiger partial charge >= 0.3 is 0 Å². The number of carbonyl (C=O) groups excluding carboxylic acids is 1. The van der Waals surface area contributed by atoms with Crippen LogP contribution in [0.3, 0.4) is 0 Å². The molecule has 0 aliphatic carbocycles. The first-order valence-electron chi connectivity index (χ1n) is 3.38. The van der Waals surface area contributed by atoms with Gasteiger partial charge in [0.25, 0.3) is 0 Å². The minimum Gasteiger partial charge on any atom is -0.277 e. The molecule has 0 spiro atoms. The van der Waals surface area contributed by atoms with Gasteiger partial charge < -0.3 is 0 Å². The molecular formula is C7H15NO2. The van der Waals surface area contributed by atoms with Crippen LogP contribution in [0.4, 0.5) is 0 Å². The minimum atomic E-state index is -0.323. The number of hydroxylamine groups is 1. The minimum absolute atomic E-state index is 0.0718. The highest BCUT2D eigenvalue weighted by Gasteiger charge is 2.24. The fourth-order valence-corrected chi connectivity index (χ4v) is 0.391. The Morgan fingerprint density at radius 1 is 1.60 bits per heavy atom. The molecular weight excluding hydrogens is 130 g/mol. The van der Waals surface area contributed by atoms with Gasteiger partial charge in [0, 0.05) is 5.41 Å². The van der Waals surface area contributed by atoms with Crippen molar-refractivity contribution in [1.82, 2.24) is 5.48 Å². The Hall–Kier alpha value is -0.570.